The summed E-state index contributed by atoms with van der Waals surface area (Å²) in [6, 6.07) is 4.30. The van der Waals surface area contributed by atoms with E-state index in [0.717, 1.165) is 31.4 Å². The minimum Gasteiger partial charge on any atom is -0.313 e. The monoisotopic (exact) mass is 300 g/mol. The normalized spacial score (nSPS) is 17.3. The van der Waals surface area contributed by atoms with E-state index < -0.39 is 15.8 Å². The van der Waals surface area contributed by atoms with Crippen molar-refractivity contribution in [2.45, 2.75) is 37.6 Å². The summed E-state index contributed by atoms with van der Waals surface area (Å²) in [7, 11) is -3.71. The standard InChI is InChI=1S/C14H21FN2O2S/c1-2-16-11-12-6-7-13(15)14(10-12)20(18,19)17-8-4-3-5-9-17/h6-7,10,16H,2-5,8-9,11H2,1H3. The zero-order valence-electron chi connectivity index (χ0n) is 11.7. The Morgan fingerprint density at radius 3 is 2.60 bits per heavy atom. The molecule has 1 aliphatic heterocycles. The first-order chi connectivity index (χ1) is 9.55. The van der Waals surface area contributed by atoms with Gasteiger partial charge in [-0.3, -0.25) is 0 Å². The summed E-state index contributed by atoms with van der Waals surface area (Å²) in [5.41, 5.74) is 0.781. The topological polar surface area (TPSA) is 49.4 Å². The number of rotatable bonds is 5. The summed E-state index contributed by atoms with van der Waals surface area (Å²) >= 11 is 0. The third kappa shape index (κ3) is 3.37. The lowest BCUT2D eigenvalue weighted by atomic mass is 10.2. The molecule has 0 radical (unpaired) electrons. The van der Waals surface area contributed by atoms with Crippen molar-refractivity contribution in [1.29, 1.82) is 0 Å². The summed E-state index contributed by atoms with van der Waals surface area (Å²) in [6.45, 7) is 4.26. The van der Waals surface area contributed by atoms with E-state index in [4.69, 9.17) is 0 Å². The van der Waals surface area contributed by atoms with Crippen LogP contribution in [0, 0.1) is 5.82 Å². The van der Waals surface area contributed by atoms with Crippen molar-refractivity contribution in [3.8, 4) is 0 Å². The maximum absolute atomic E-state index is 13.9. The number of hydrogen-bond acceptors (Lipinski definition) is 3. The smallest absolute Gasteiger partial charge is 0.245 e. The summed E-state index contributed by atoms with van der Waals surface area (Å²) < 4.78 is 40.3. The molecule has 0 amide bonds. The van der Waals surface area contributed by atoms with Crippen molar-refractivity contribution in [2.24, 2.45) is 0 Å². The van der Waals surface area contributed by atoms with E-state index in [-0.39, 0.29) is 4.90 Å². The van der Waals surface area contributed by atoms with E-state index in [1.54, 1.807) is 6.07 Å². The lowest BCUT2D eigenvalue weighted by Gasteiger charge is -2.26. The highest BCUT2D eigenvalue weighted by Crippen LogP contribution is 2.23. The van der Waals surface area contributed by atoms with Gasteiger partial charge in [-0.05, 0) is 37.1 Å². The molecule has 1 aliphatic rings. The van der Waals surface area contributed by atoms with Gasteiger partial charge in [0, 0.05) is 19.6 Å². The largest absolute Gasteiger partial charge is 0.313 e. The quantitative estimate of drug-likeness (QED) is 0.906. The molecule has 4 nitrogen and oxygen atoms in total. The Morgan fingerprint density at radius 1 is 1.25 bits per heavy atom. The molecule has 0 aliphatic carbocycles. The van der Waals surface area contributed by atoms with Crippen LogP contribution in [-0.2, 0) is 16.6 Å². The first kappa shape index (κ1) is 15.4. The molecule has 1 heterocycles. The molecule has 1 fully saturated rings. The van der Waals surface area contributed by atoms with Crippen molar-refractivity contribution in [2.75, 3.05) is 19.6 Å². The molecule has 1 saturated heterocycles. The van der Waals surface area contributed by atoms with E-state index in [9.17, 15) is 12.8 Å². The van der Waals surface area contributed by atoms with Gasteiger partial charge in [-0.2, -0.15) is 4.31 Å². The van der Waals surface area contributed by atoms with E-state index in [1.165, 1.54) is 16.4 Å². The molecular formula is C14H21FN2O2S. The molecule has 1 N–H and O–H groups in total. The van der Waals surface area contributed by atoms with E-state index in [2.05, 4.69) is 5.32 Å². The molecule has 2 rings (SSSR count). The Labute approximate surface area is 120 Å². The Hall–Kier alpha value is -0.980. The molecule has 0 unspecified atom stereocenters. The van der Waals surface area contributed by atoms with E-state index in [1.807, 2.05) is 6.92 Å². The van der Waals surface area contributed by atoms with Gasteiger partial charge >= 0.3 is 0 Å². The summed E-state index contributed by atoms with van der Waals surface area (Å²) in [5.74, 6) is -0.671. The number of hydrogen-bond donors (Lipinski definition) is 1. The maximum Gasteiger partial charge on any atom is 0.245 e. The fourth-order valence-corrected chi connectivity index (χ4v) is 4.00. The van der Waals surface area contributed by atoms with Gasteiger partial charge in [0.15, 0.2) is 0 Å². The number of nitrogens with zero attached hydrogens (tertiary/aromatic N) is 1. The van der Waals surface area contributed by atoms with Gasteiger partial charge in [0.1, 0.15) is 10.7 Å². The molecule has 6 heteroatoms. The summed E-state index contributed by atoms with van der Waals surface area (Å²) in [4.78, 5) is -0.199. The zero-order valence-corrected chi connectivity index (χ0v) is 12.5. The average molecular weight is 300 g/mol. The minimum absolute atomic E-state index is 0.199. The van der Waals surface area contributed by atoms with Crippen LogP contribution in [-0.4, -0.2) is 32.4 Å². The lowest BCUT2D eigenvalue weighted by Crippen LogP contribution is -2.36. The van der Waals surface area contributed by atoms with Gasteiger partial charge in [0.25, 0.3) is 0 Å². The van der Waals surface area contributed by atoms with Gasteiger partial charge < -0.3 is 5.32 Å². The molecule has 0 saturated carbocycles. The first-order valence-corrected chi connectivity index (χ1v) is 8.49. The third-order valence-electron chi connectivity index (χ3n) is 3.51. The number of sulfonamides is 1. The fourth-order valence-electron chi connectivity index (χ4n) is 2.37. The van der Waals surface area contributed by atoms with Crippen molar-refractivity contribution < 1.29 is 12.8 Å². The highest BCUT2D eigenvalue weighted by atomic mass is 32.2. The van der Waals surface area contributed by atoms with Gasteiger partial charge in [0.05, 0.1) is 0 Å². The van der Waals surface area contributed by atoms with Crippen LogP contribution in [0.25, 0.3) is 0 Å². The van der Waals surface area contributed by atoms with Crippen LogP contribution in [0.1, 0.15) is 31.7 Å². The van der Waals surface area contributed by atoms with Gasteiger partial charge in [-0.25, -0.2) is 12.8 Å². The van der Waals surface area contributed by atoms with Crippen LogP contribution >= 0.6 is 0 Å². The fraction of sp³-hybridized carbons (Fsp3) is 0.571. The second kappa shape index (κ2) is 6.65. The maximum atomic E-state index is 13.9. The number of piperidine rings is 1. The van der Waals surface area contributed by atoms with Crippen molar-refractivity contribution in [3.63, 3.8) is 0 Å². The molecule has 1 aromatic rings. The first-order valence-electron chi connectivity index (χ1n) is 7.05. The molecule has 0 spiro atoms. The second-order valence-corrected chi connectivity index (χ2v) is 6.92. The summed E-state index contributed by atoms with van der Waals surface area (Å²) in [5, 5.41) is 3.11. The Balaban J connectivity index is 2.29. The Kier molecular flexibility index (Phi) is 5.12. The van der Waals surface area contributed by atoms with Crippen LogP contribution in [0.4, 0.5) is 4.39 Å². The Morgan fingerprint density at radius 2 is 1.95 bits per heavy atom. The molecule has 112 valence electrons. The molecule has 0 bridgehead atoms. The minimum atomic E-state index is -3.71. The van der Waals surface area contributed by atoms with Gasteiger partial charge in [-0.1, -0.05) is 19.4 Å². The average Bonchev–Trinajstić information content (AvgIpc) is 2.47. The lowest BCUT2D eigenvalue weighted by molar-refractivity contribution is 0.345. The third-order valence-corrected chi connectivity index (χ3v) is 5.42. The molecule has 1 aromatic carbocycles. The highest BCUT2D eigenvalue weighted by Gasteiger charge is 2.28. The van der Waals surface area contributed by atoms with E-state index in [0.29, 0.717) is 19.6 Å². The van der Waals surface area contributed by atoms with Crippen LogP contribution in [0.3, 0.4) is 0 Å². The van der Waals surface area contributed by atoms with Crippen molar-refractivity contribution in [1.82, 2.24) is 9.62 Å². The molecule has 0 atom stereocenters. The summed E-state index contributed by atoms with van der Waals surface area (Å²) in [6.07, 6.45) is 2.73. The molecular weight excluding hydrogens is 279 g/mol. The predicted molar refractivity (Wildman–Crippen MR) is 76.4 cm³/mol. The molecule has 20 heavy (non-hydrogen) atoms. The van der Waals surface area contributed by atoms with E-state index >= 15 is 0 Å². The van der Waals surface area contributed by atoms with Crippen molar-refractivity contribution >= 4 is 10.0 Å². The van der Waals surface area contributed by atoms with Crippen LogP contribution in [0.5, 0.6) is 0 Å². The van der Waals surface area contributed by atoms with Crippen molar-refractivity contribution in [3.05, 3.63) is 29.6 Å². The highest BCUT2D eigenvalue weighted by molar-refractivity contribution is 7.89. The Bertz CT molecular complexity index is 554. The number of benzene rings is 1. The number of halogens is 1. The second-order valence-electron chi connectivity index (χ2n) is 5.01. The van der Waals surface area contributed by atoms with Gasteiger partial charge in [0.2, 0.25) is 10.0 Å². The van der Waals surface area contributed by atoms with Crippen LogP contribution in [0.2, 0.25) is 0 Å². The van der Waals surface area contributed by atoms with Crippen LogP contribution in [0.15, 0.2) is 23.1 Å². The zero-order chi connectivity index (χ0) is 14.6. The molecule has 0 aromatic heterocycles. The number of nitrogens with one attached hydrogen (secondary N) is 1. The predicted octanol–water partition coefficient (Wildman–Crippen LogP) is 2.11. The van der Waals surface area contributed by atoms with Gasteiger partial charge in [-0.15, -0.1) is 0 Å². The van der Waals surface area contributed by atoms with Crippen LogP contribution < -0.4 is 5.32 Å². The SMILES string of the molecule is CCNCc1ccc(F)c(S(=O)(=O)N2CCCCC2)c1.